The van der Waals surface area contributed by atoms with Gasteiger partial charge in [-0.05, 0) is 19.8 Å². The molecule has 1 saturated heterocycles. The molecule has 6 heteroatoms. The summed E-state index contributed by atoms with van der Waals surface area (Å²) in [6.07, 6.45) is 3.17. The van der Waals surface area contributed by atoms with Crippen LogP contribution in [-0.2, 0) is 4.79 Å². The summed E-state index contributed by atoms with van der Waals surface area (Å²) in [6.45, 7) is 6.57. The molecule has 1 amide bonds. The summed E-state index contributed by atoms with van der Waals surface area (Å²) in [6, 6.07) is 3.64. The SMILES string of the molecule is Cc1cc(C(=O)N2CC[C@]3(C=C(C#N)C(=O)C(C)(C)C3)C2)no1. The first-order chi connectivity index (χ1) is 10.8. The summed E-state index contributed by atoms with van der Waals surface area (Å²) >= 11 is 0. The Labute approximate surface area is 134 Å². The fraction of sp³-hybridized carbons (Fsp3) is 0.529. The van der Waals surface area contributed by atoms with Crippen molar-refractivity contribution in [3.8, 4) is 6.07 Å². The van der Waals surface area contributed by atoms with E-state index in [2.05, 4.69) is 5.16 Å². The summed E-state index contributed by atoms with van der Waals surface area (Å²) in [5, 5.41) is 13.0. The van der Waals surface area contributed by atoms with Crippen LogP contribution in [0, 0.1) is 29.1 Å². The van der Waals surface area contributed by atoms with Gasteiger partial charge < -0.3 is 9.42 Å². The highest BCUT2D eigenvalue weighted by molar-refractivity contribution is 6.03. The minimum Gasteiger partial charge on any atom is -0.361 e. The van der Waals surface area contributed by atoms with Gasteiger partial charge in [0.1, 0.15) is 11.8 Å². The molecule has 2 aliphatic rings. The molecule has 1 aromatic heterocycles. The van der Waals surface area contributed by atoms with E-state index in [1.165, 1.54) is 0 Å². The van der Waals surface area contributed by atoms with Crippen LogP contribution in [0.2, 0.25) is 0 Å². The van der Waals surface area contributed by atoms with Gasteiger partial charge in [0, 0.05) is 30.0 Å². The van der Waals surface area contributed by atoms with Gasteiger partial charge in [-0.2, -0.15) is 5.26 Å². The van der Waals surface area contributed by atoms with Crippen LogP contribution in [0.4, 0.5) is 0 Å². The van der Waals surface area contributed by atoms with Crippen molar-refractivity contribution >= 4 is 11.7 Å². The second kappa shape index (κ2) is 5.05. The molecule has 23 heavy (non-hydrogen) atoms. The molecule has 6 nitrogen and oxygen atoms in total. The van der Waals surface area contributed by atoms with Crippen molar-refractivity contribution < 1.29 is 14.1 Å². The summed E-state index contributed by atoms with van der Waals surface area (Å²) in [5.41, 5.74) is -0.372. The first-order valence-corrected chi connectivity index (χ1v) is 7.67. The predicted molar refractivity (Wildman–Crippen MR) is 81.3 cm³/mol. The molecule has 0 unspecified atom stereocenters. The number of Topliss-reactive ketones (excluding diaryl/α,β-unsaturated/α-hetero) is 1. The van der Waals surface area contributed by atoms with Crippen LogP contribution in [0.25, 0.3) is 0 Å². The van der Waals surface area contributed by atoms with Crippen LogP contribution >= 0.6 is 0 Å². The lowest BCUT2D eigenvalue weighted by Crippen LogP contribution is -2.40. The van der Waals surface area contributed by atoms with E-state index in [9.17, 15) is 14.9 Å². The third-order valence-electron chi connectivity index (χ3n) is 4.74. The van der Waals surface area contributed by atoms with Crippen molar-refractivity contribution in [3.63, 3.8) is 0 Å². The third kappa shape index (κ3) is 2.56. The van der Waals surface area contributed by atoms with Gasteiger partial charge in [-0.25, -0.2) is 0 Å². The van der Waals surface area contributed by atoms with Crippen LogP contribution in [0.5, 0.6) is 0 Å². The topological polar surface area (TPSA) is 87.2 Å². The maximum absolute atomic E-state index is 12.5. The molecule has 0 saturated carbocycles. The van der Waals surface area contributed by atoms with Crippen molar-refractivity contribution in [3.05, 3.63) is 29.2 Å². The standard InChI is InChI=1S/C17H19N3O3/c1-11-6-13(19-23-11)15(22)20-5-4-17(10-20)7-12(8-18)14(21)16(2,3)9-17/h6-7H,4-5,9-10H2,1-3H3/t17-/m1/s1. The molecule has 0 radical (unpaired) electrons. The third-order valence-corrected chi connectivity index (χ3v) is 4.74. The second-order valence-corrected chi connectivity index (χ2v) is 7.22. The maximum atomic E-state index is 12.5. The highest BCUT2D eigenvalue weighted by Gasteiger charge is 2.49. The van der Waals surface area contributed by atoms with Crippen LogP contribution in [0.1, 0.15) is 42.9 Å². The second-order valence-electron chi connectivity index (χ2n) is 7.22. The number of nitrogens with zero attached hydrogens (tertiary/aromatic N) is 3. The lowest BCUT2D eigenvalue weighted by molar-refractivity contribution is -0.125. The van der Waals surface area contributed by atoms with E-state index < -0.39 is 5.41 Å². The number of carbonyl (C=O) groups is 2. The average Bonchev–Trinajstić information content (AvgIpc) is 3.09. The van der Waals surface area contributed by atoms with Crippen molar-refractivity contribution in [1.82, 2.24) is 10.1 Å². The molecule has 1 aromatic rings. The lowest BCUT2D eigenvalue weighted by atomic mass is 9.64. The van der Waals surface area contributed by atoms with E-state index in [0.717, 1.165) is 6.42 Å². The molecular weight excluding hydrogens is 294 g/mol. The molecular formula is C17H19N3O3. The Hall–Kier alpha value is -2.42. The summed E-state index contributed by atoms with van der Waals surface area (Å²) in [4.78, 5) is 26.5. The zero-order chi connectivity index (χ0) is 16.8. The predicted octanol–water partition coefficient (Wildman–Crippen LogP) is 2.26. The lowest BCUT2D eigenvalue weighted by Gasteiger charge is -2.38. The van der Waals surface area contributed by atoms with Crippen LogP contribution < -0.4 is 0 Å². The summed E-state index contributed by atoms with van der Waals surface area (Å²) in [5.74, 6) is 0.321. The van der Waals surface area contributed by atoms with Gasteiger partial charge in [-0.1, -0.05) is 25.1 Å². The number of rotatable bonds is 1. The number of hydrogen-bond acceptors (Lipinski definition) is 5. The van der Waals surface area contributed by atoms with Gasteiger partial charge in [-0.15, -0.1) is 0 Å². The first-order valence-electron chi connectivity index (χ1n) is 7.67. The van der Waals surface area contributed by atoms with E-state index in [4.69, 9.17) is 4.52 Å². The number of aromatic nitrogens is 1. The molecule has 0 N–H and O–H groups in total. The van der Waals surface area contributed by atoms with E-state index in [1.807, 2.05) is 19.9 Å². The molecule has 1 aliphatic carbocycles. The highest BCUT2D eigenvalue weighted by Crippen LogP contribution is 2.48. The monoisotopic (exact) mass is 313 g/mol. The molecule has 1 atom stereocenters. The van der Waals surface area contributed by atoms with Gasteiger partial charge in [0.15, 0.2) is 11.5 Å². The highest BCUT2D eigenvalue weighted by atomic mass is 16.5. The number of carbonyl (C=O) groups excluding carboxylic acids is 2. The Morgan fingerprint density at radius 1 is 1.48 bits per heavy atom. The maximum Gasteiger partial charge on any atom is 0.276 e. The number of aryl methyl sites for hydroxylation is 1. The normalized spacial score (nSPS) is 26.3. The number of amides is 1. The zero-order valence-corrected chi connectivity index (χ0v) is 13.5. The Kier molecular flexibility index (Phi) is 3.40. The van der Waals surface area contributed by atoms with Crippen molar-refractivity contribution in [2.75, 3.05) is 13.1 Å². The van der Waals surface area contributed by atoms with Crippen molar-refractivity contribution in [2.24, 2.45) is 10.8 Å². The van der Waals surface area contributed by atoms with Crippen molar-refractivity contribution in [2.45, 2.75) is 33.6 Å². The van der Waals surface area contributed by atoms with E-state index in [1.54, 1.807) is 24.0 Å². The summed E-state index contributed by atoms with van der Waals surface area (Å²) < 4.78 is 4.97. The molecule has 1 spiro atoms. The van der Waals surface area contributed by atoms with Gasteiger partial charge in [-0.3, -0.25) is 9.59 Å². The Morgan fingerprint density at radius 3 is 2.83 bits per heavy atom. The number of nitriles is 1. The molecule has 120 valence electrons. The van der Waals surface area contributed by atoms with Crippen LogP contribution in [0.15, 0.2) is 22.2 Å². The quantitative estimate of drug-likeness (QED) is 0.793. The fourth-order valence-electron chi connectivity index (χ4n) is 3.79. The smallest absolute Gasteiger partial charge is 0.276 e. The Balaban J connectivity index is 1.86. The minimum atomic E-state index is -0.580. The van der Waals surface area contributed by atoms with Gasteiger partial charge in [0.25, 0.3) is 5.91 Å². The molecule has 3 rings (SSSR count). The largest absolute Gasteiger partial charge is 0.361 e. The molecule has 0 bridgehead atoms. The van der Waals surface area contributed by atoms with E-state index in [0.29, 0.717) is 31.0 Å². The molecule has 0 aromatic carbocycles. The Bertz CT molecular complexity index is 753. The van der Waals surface area contributed by atoms with E-state index in [-0.39, 0.29) is 22.7 Å². The average molecular weight is 313 g/mol. The molecule has 2 heterocycles. The van der Waals surface area contributed by atoms with Crippen LogP contribution in [-0.4, -0.2) is 34.8 Å². The first kappa shape index (κ1) is 15.5. The number of allylic oxidation sites excluding steroid dienone is 1. The molecule has 1 fully saturated rings. The number of likely N-dealkylation sites (tertiary alicyclic amines) is 1. The van der Waals surface area contributed by atoms with E-state index >= 15 is 0 Å². The van der Waals surface area contributed by atoms with Gasteiger partial charge in [0.2, 0.25) is 0 Å². The number of hydrogen-bond donors (Lipinski definition) is 0. The fourth-order valence-corrected chi connectivity index (χ4v) is 3.79. The minimum absolute atomic E-state index is 0.109. The zero-order valence-electron chi connectivity index (χ0n) is 13.5. The van der Waals surface area contributed by atoms with Gasteiger partial charge in [0.05, 0.1) is 5.57 Å². The van der Waals surface area contributed by atoms with Crippen LogP contribution in [0.3, 0.4) is 0 Å². The van der Waals surface area contributed by atoms with Crippen molar-refractivity contribution in [1.29, 1.82) is 5.26 Å². The summed E-state index contributed by atoms with van der Waals surface area (Å²) in [7, 11) is 0. The van der Waals surface area contributed by atoms with Gasteiger partial charge >= 0.3 is 0 Å². The Morgan fingerprint density at radius 2 is 2.22 bits per heavy atom. The molecule has 1 aliphatic heterocycles. The number of ketones is 1.